The zero-order chi connectivity index (χ0) is 13.9. The molecule has 0 aliphatic rings. The monoisotopic (exact) mass is 267 g/mol. The third kappa shape index (κ3) is 2.40. The summed E-state index contributed by atoms with van der Waals surface area (Å²) in [7, 11) is 0. The van der Waals surface area contributed by atoms with E-state index >= 15 is 0 Å². The molecule has 0 fully saturated rings. The Morgan fingerprint density at radius 3 is 2.85 bits per heavy atom. The van der Waals surface area contributed by atoms with Crippen LogP contribution in [-0.2, 0) is 12.8 Å². The number of pyridine rings is 1. The second-order valence-electron chi connectivity index (χ2n) is 4.59. The Morgan fingerprint density at radius 2 is 2.05 bits per heavy atom. The Kier molecular flexibility index (Phi) is 3.21. The normalized spacial score (nSPS) is 10.8. The van der Waals surface area contributed by atoms with E-state index in [0.717, 1.165) is 22.3 Å². The third-order valence-corrected chi connectivity index (χ3v) is 3.25. The minimum Gasteiger partial charge on any atom is -0.478 e. The number of carboxylic acid groups (broad SMARTS) is 1. The van der Waals surface area contributed by atoms with Crippen LogP contribution in [0.4, 0.5) is 0 Å². The minimum atomic E-state index is -0.924. The van der Waals surface area contributed by atoms with Crippen molar-refractivity contribution < 1.29 is 14.3 Å². The Morgan fingerprint density at radius 1 is 1.20 bits per heavy atom. The maximum Gasteiger partial charge on any atom is 0.336 e. The van der Waals surface area contributed by atoms with Crippen molar-refractivity contribution in [2.75, 3.05) is 0 Å². The highest BCUT2D eigenvalue weighted by Gasteiger charge is 2.10. The summed E-state index contributed by atoms with van der Waals surface area (Å²) in [5.41, 5.74) is 1.88. The summed E-state index contributed by atoms with van der Waals surface area (Å²) in [6, 6.07) is 11.3. The van der Waals surface area contributed by atoms with Gasteiger partial charge in [-0.3, -0.25) is 4.98 Å². The molecule has 0 saturated heterocycles. The lowest BCUT2D eigenvalue weighted by Gasteiger charge is -2.03. The summed E-state index contributed by atoms with van der Waals surface area (Å²) < 4.78 is 5.72. The summed E-state index contributed by atoms with van der Waals surface area (Å²) in [6.07, 6.45) is 4.34. The predicted molar refractivity (Wildman–Crippen MR) is 74.8 cm³/mol. The molecular formula is C16H13NO3. The zero-order valence-electron chi connectivity index (χ0n) is 10.7. The number of aromatic carboxylic acids is 1. The number of furan rings is 1. The maximum absolute atomic E-state index is 11.1. The molecular weight excluding hydrogens is 254 g/mol. The average Bonchev–Trinajstić information content (AvgIpc) is 2.88. The van der Waals surface area contributed by atoms with E-state index in [1.165, 1.54) is 12.3 Å². The fourth-order valence-electron chi connectivity index (χ4n) is 2.25. The first kappa shape index (κ1) is 12.4. The molecule has 3 rings (SSSR count). The molecule has 0 radical (unpaired) electrons. The van der Waals surface area contributed by atoms with Crippen molar-refractivity contribution in [3.05, 3.63) is 65.7 Å². The Bertz CT molecular complexity index is 728. The van der Waals surface area contributed by atoms with Crippen LogP contribution in [0, 0.1) is 0 Å². The van der Waals surface area contributed by atoms with Gasteiger partial charge >= 0.3 is 5.97 Å². The zero-order valence-corrected chi connectivity index (χ0v) is 10.7. The molecule has 20 heavy (non-hydrogen) atoms. The SMILES string of the molecule is O=C(O)c1ccncc1CCc1cc2ccccc2o1. The summed E-state index contributed by atoms with van der Waals surface area (Å²) >= 11 is 0. The molecule has 4 nitrogen and oxygen atoms in total. The first-order valence-electron chi connectivity index (χ1n) is 6.37. The largest absolute Gasteiger partial charge is 0.478 e. The van der Waals surface area contributed by atoms with Crippen LogP contribution in [0.2, 0.25) is 0 Å². The number of benzene rings is 1. The van der Waals surface area contributed by atoms with Crippen LogP contribution in [0.25, 0.3) is 11.0 Å². The van der Waals surface area contributed by atoms with E-state index in [1.54, 1.807) is 6.20 Å². The number of carboxylic acids is 1. The highest BCUT2D eigenvalue weighted by Crippen LogP contribution is 2.20. The molecule has 0 spiro atoms. The van der Waals surface area contributed by atoms with Crippen molar-refractivity contribution in [3.63, 3.8) is 0 Å². The van der Waals surface area contributed by atoms with Crippen molar-refractivity contribution in [3.8, 4) is 0 Å². The number of aromatic nitrogens is 1. The summed E-state index contributed by atoms with van der Waals surface area (Å²) in [6.45, 7) is 0. The van der Waals surface area contributed by atoms with E-state index in [1.807, 2.05) is 30.3 Å². The highest BCUT2D eigenvalue weighted by molar-refractivity contribution is 5.89. The topological polar surface area (TPSA) is 63.3 Å². The molecule has 0 aliphatic heterocycles. The summed E-state index contributed by atoms with van der Waals surface area (Å²) in [4.78, 5) is 15.1. The number of fused-ring (bicyclic) bond motifs is 1. The van der Waals surface area contributed by atoms with Crippen LogP contribution in [-0.4, -0.2) is 16.1 Å². The highest BCUT2D eigenvalue weighted by atomic mass is 16.4. The molecule has 1 N–H and O–H groups in total. The van der Waals surface area contributed by atoms with Gasteiger partial charge in [-0.05, 0) is 30.2 Å². The average molecular weight is 267 g/mol. The Balaban J connectivity index is 1.81. The van der Waals surface area contributed by atoms with Crippen molar-refractivity contribution in [1.29, 1.82) is 0 Å². The quantitative estimate of drug-likeness (QED) is 0.787. The summed E-state index contributed by atoms with van der Waals surface area (Å²) in [5, 5.41) is 10.2. The van der Waals surface area contributed by atoms with E-state index < -0.39 is 5.97 Å². The smallest absolute Gasteiger partial charge is 0.336 e. The van der Waals surface area contributed by atoms with Crippen LogP contribution in [0.3, 0.4) is 0 Å². The number of hydrogen-bond acceptors (Lipinski definition) is 3. The molecule has 2 heterocycles. The van der Waals surface area contributed by atoms with Gasteiger partial charge in [-0.2, -0.15) is 0 Å². The van der Waals surface area contributed by atoms with Gasteiger partial charge in [-0.1, -0.05) is 18.2 Å². The van der Waals surface area contributed by atoms with Gasteiger partial charge in [0.15, 0.2) is 0 Å². The molecule has 0 saturated carbocycles. The molecule has 0 amide bonds. The van der Waals surface area contributed by atoms with Crippen LogP contribution in [0.5, 0.6) is 0 Å². The lowest BCUT2D eigenvalue weighted by atomic mass is 10.0. The van der Waals surface area contributed by atoms with E-state index in [-0.39, 0.29) is 0 Å². The number of aryl methyl sites for hydroxylation is 2. The van der Waals surface area contributed by atoms with Crippen molar-refractivity contribution in [2.24, 2.45) is 0 Å². The van der Waals surface area contributed by atoms with Crippen molar-refractivity contribution in [2.45, 2.75) is 12.8 Å². The van der Waals surface area contributed by atoms with Gasteiger partial charge in [0.25, 0.3) is 0 Å². The van der Waals surface area contributed by atoms with E-state index in [4.69, 9.17) is 9.52 Å². The predicted octanol–water partition coefficient (Wildman–Crippen LogP) is 3.31. The second-order valence-corrected chi connectivity index (χ2v) is 4.59. The number of para-hydroxylation sites is 1. The first-order chi connectivity index (χ1) is 9.74. The lowest BCUT2D eigenvalue weighted by Crippen LogP contribution is -2.04. The van der Waals surface area contributed by atoms with E-state index in [0.29, 0.717) is 18.4 Å². The standard InChI is InChI=1S/C16H13NO3/c18-16(19)14-7-8-17-10-12(14)5-6-13-9-11-3-1-2-4-15(11)20-13/h1-4,7-10H,5-6H2,(H,18,19). The van der Waals surface area contributed by atoms with Crippen LogP contribution in [0.1, 0.15) is 21.7 Å². The molecule has 0 atom stereocenters. The molecule has 0 bridgehead atoms. The number of rotatable bonds is 4. The van der Waals surface area contributed by atoms with Gasteiger partial charge in [0.1, 0.15) is 11.3 Å². The van der Waals surface area contributed by atoms with Crippen LogP contribution >= 0.6 is 0 Å². The van der Waals surface area contributed by atoms with Crippen molar-refractivity contribution in [1.82, 2.24) is 4.98 Å². The molecule has 0 aliphatic carbocycles. The number of nitrogens with zero attached hydrogens (tertiary/aromatic N) is 1. The van der Waals surface area contributed by atoms with Gasteiger partial charge < -0.3 is 9.52 Å². The molecule has 2 aromatic heterocycles. The molecule has 0 unspecified atom stereocenters. The van der Waals surface area contributed by atoms with Crippen LogP contribution in [0.15, 0.2) is 53.2 Å². The minimum absolute atomic E-state index is 0.302. The van der Waals surface area contributed by atoms with E-state index in [9.17, 15) is 4.79 Å². The van der Waals surface area contributed by atoms with Gasteiger partial charge in [-0.25, -0.2) is 4.79 Å². The third-order valence-electron chi connectivity index (χ3n) is 3.25. The van der Waals surface area contributed by atoms with Gasteiger partial charge in [-0.15, -0.1) is 0 Å². The molecule has 1 aromatic carbocycles. The van der Waals surface area contributed by atoms with E-state index in [2.05, 4.69) is 4.98 Å². The molecule has 3 aromatic rings. The lowest BCUT2D eigenvalue weighted by molar-refractivity contribution is 0.0695. The number of carbonyl (C=O) groups is 1. The fraction of sp³-hybridized carbons (Fsp3) is 0.125. The van der Waals surface area contributed by atoms with Gasteiger partial charge in [0.2, 0.25) is 0 Å². The molecule has 100 valence electrons. The fourth-order valence-corrected chi connectivity index (χ4v) is 2.25. The summed E-state index contributed by atoms with van der Waals surface area (Å²) in [5.74, 6) is -0.0709. The van der Waals surface area contributed by atoms with Crippen LogP contribution < -0.4 is 0 Å². The Hall–Kier alpha value is -2.62. The van der Waals surface area contributed by atoms with Gasteiger partial charge in [0, 0.05) is 24.2 Å². The second kappa shape index (κ2) is 5.17. The first-order valence-corrected chi connectivity index (χ1v) is 6.37. The van der Waals surface area contributed by atoms with Gasteiger partial charge in [0.05, 0.1) is 5.56 Å². The van der Waals surface area contributed by atoms with Crippen molar-refractivity contribution >= 4 is 16.9 Å². The maximum atomic E-state index is 11.1. The number of hydrogen-bond donors (Lipinski definition) is 1. The Labute approximate surface area is 115 Å². The molecule has 4 heteroatoms.